The molecular formula is C34H53N5O7. The van der Waals surface area contributed by atoms with Gasteiger partial charge in [0.2, 0.25) is 23.5 Å². The van der Waals surface area contributed by atoms with Gasteiger partial charge in [0.25, 0.3) is 5.91 Å². The molecule has 12 nitrogen and oxygen atoms in total. The van der Waals surface area contributed by atoms with Crippen LogP contribution in [0.2, 0.25) is 0 Å². The molecule has 0 bridgehead atoms. The van der Waals surface area contributed by atoms with E-state index >= 15 is 0 Å². The third-order valence-electron chi connectivity index (χ3n) is 9.67. The summed E-state index contributed by atoms with van der Waals surface area (Å²) in [4.78, 5) is 81.2. The number of carbonyl (C=O) groups excluding carboxylic acids is 6. The summed E-state index contributed by atoms with van der Waals surface area (Å²) in [7, 11) is 0. The van der Waals surface area contributed by atoms with E-state index in [1.165, 1.54) is 11.0 Å². The Bertz CT molecular complexity index is 1180. The van der Waals surface area contributed by atoms with E-state index in [1.54, 1.807) is 6.08 Å². The van der Waals surface area contributed by atoms with Crippen molar-refractivity contribution >= 4 is 35.5 Å². The lowest BCUT2D eigenvalue weighted by Gasteiger charge is -2.38. The van der Waals surface area contributed by atoms with Crippen LogP contribution in [0, 0.1) is 35.0 Å². The molecule has 0 aromatic carbocycles. The predicted octanol–water partition coefficient (Wildman–Crippen LogP) is 2.49. The molecule has 12 heteroatoms. The molecule has 5 amide bonds. The van der Waals surface area contributed by atoms with Crippen LogP contribution >= 0.6 is 0 Å². The van der Waals surface area contributed by atoms with Crippen molar-refractivity contribution in [2.24, 2.45) is 35.0 Å². The second kappa shape index (κ2) is 16.2. The molecule has 3 aliphatic rings. The van der Waals surface area contributed by atoms with Crippen molar-refractivity contribution in [3.8, 4) is 0 Å². The number of carbonyl (C=O) groups is 6. The zero-order valence-electron chi connectivity index (χ0n) is 28.1. The molecule has 0 aromatic rings. The van der Waals surface area contributed by atoms with E-state index in [1.807, 2.05) is 20.8 Å². The monoisotopic (exact) mass is 643 g/mol. The molecule has 0 aromatic heterocycles. The fourth-order valence-electron chi connectivity index (χ4n) is 7.09. The Hall–Kier alpha value is -3.70. The summed E-state index contributed by atoms with van der Waals surface area (Å²) in [5, 5.41) is 10.9. The Morgan fingerprint density at radius 3 is 2.28 bits per heavy atom. The van der Waals surface area contributed by atoms with Gasteiger partial charge in [-0.3, -0.25) is 24.0 Å². The predicted molar refractivity (Wildman–Crippen MR) is 173 cm³/mol. The quantitative estimate of drug-likeness (QED) is 0.148. The van der Waals surface area contributed by atoms with Gasteiger partial charge in [0.1, 0.15) is 12.1 Å². The number of amides is 5. The number of fused-ring (bicyclic) bond motifs is 1. The number of piperidine rings is 1. The molecule has 3 rings (SSSR count). The SMILES string of the molecule is C=CCNC(=O)C(=O)C(CCC)NC(=O)[C@@H]1[C@@H]2[C@H](CN1C(=O)C(NC(=O)OCC(C)C)C1CCCC(C(=O)NCC=C)C1)C2(C)C. The van der Waals surface area contributed by atoms with Gasteiger partial charge in [0.15, 0.2) is 0 Å². The van der Waals surface area contributed by atoms with Gasteiger partial charge in [-0.1, -0.05) is 59.6 Å². The first-order valence-electron chi connectivity index (χ1n) is 16.6. The molecule has 256 valence electrons. The van der Waals surface area contributed by atoms with Crippen molar-refractivity contribution in [1.82, 2.24) is 26.2 Å². The van der Waals surface area contributed by atoms with Crippen LogP contribution in [-0.4, -0.2) is 84.8 Å². The van der Waals surface area contributed by atoms with Gasteiger partial charge in [0, 0.05) is 25.6 Å². The van der Waals surface area contributed by atoms with Crippen LogP contribution in [-0.2, 0) is 28.7 Å². The molecular weight excluding hydrogens is 590 g/mol. The van der Waals surface area contributed by atoms with Crippen LogP contribution in [0.5, 0.6) is 0 Å². The Kier molecular flexibility index (Phi) is 13.0. The highest BCUT2D eigenvalue weighted by atomic mass is 16.5. The first-order valence-corrected chi connectivity index (χ1v) is 16.6. The number of alkyl carbamates (subject to hydrolysis) is 1. The molecule has 2 aliphatic carbocycles. The Morgan fingerprint density at radius 2 is 1.65 bits per heavy atom. The van der Waals surface area contributed by atoms with Gasteiger partial charge in [-0.25, -0.2) is 4.79 Å². The van der Waals surface area contributed by atoms with E-state index in [-0.39, 0.29) is 60.5 Å². The summed E-state index contributed by atoms with van der Waals surface area (Å²) in [6.45, 7) is 17.9. The van der Waals surface area contributed by atoms with Gasteiger partial charge in [-0.2, -0.15) is 0 Å². The van der Waals surface area contributed by atoms with Crippen molar-refractivity contribution in [2.75, 3.05) is 26.2 Å². The Balaban J connectivity index is 1.87. The second-order valence-electron chi connectivity index (χ2n) is 13.9. The summed E-state index contributed by atoms with van der Waals surface area (Å²) in [6, 6.07) is -2.95. The van der Waals surface area contributed by atoms with Gasteiger partial charge >= 0.3 is 6.09 Å². The highest BCUT2D eigenvalue weighted by Crippen LogP contribution is 2.65. The molecule has 2 saturated carbocycles. The fourth-order valence-corrected chi connectivity index (χ4v) is 7.09. The zero-order valence-corrected chi connectivity index (χ0v) is 28.1. The molecule has 7 atom stereocenters. The van der Waals surface area contributed by atoms with E-state index in [4.69, 9.17) is 4.74 Å². The number of ketones is 1. The lowest BCUT2D eigenvalue weighted by atomic mass is 9.76. The largest absolute Gasteiger partial charge is 0.449 e. The van der Waals surface area contributed by atoms with Crippen LogP contribution in [0.15, 0.2) is 25.3 Å². The van der Waals surface area contributed by atoms with Crippen molar-refractivity contribution in [3.05, 3.63) is 25.3 Å². The standard InChI is InChI=1S/C34H53N5O7/c1-8-12-24(28(40)31(43)36-16-10-3)37-30(42)27-25-23(34(25,6)7)18-39(27)32(44)26(38-33(45)46-19-20(4)5)21-13-11-14-22(17-21)29(41)35-15-9-2/h9-10,20-27H,2-3,8,11-19H2,1,4-7H3,(H,35,41)(H,36,43)(H,37,42)(H,38,45)/t21?,22?,23-,24?,25-,26?,27-/m0/s1. The van der Waals surface area contributed by atoms with Crippen LogP contribution in [0.4, 0.5) is 4.79 Å². The topological polar surface area (TPSA) is 163 Å². The number of rotatable bonds is 16. The summed E-state index contributed by atoms with van der Waals surface area (Å²) < 4.78 is 5.39. The first kappa shape index (κ1) is 36.8. The molecule has 1 heterocycles. The molecule has 4 N–H and O–H groups in total. The second-order valence-corrected chi connectivity index (χ2v) is 13.9. The minimum Gasteiger partial charge on any atom is -0.449 e. The van der Waals surface area contributed by atoms with Crippen LogP contribution < -0.4 is 21.3 Å². The van der Waals surface area contributed by atoms with Gasteiger partial charge in [-0.15, -0.1) is 13.2 Å². The molecule has 1 saturated heterocycles. The van der Waals surface area contributed by atoms with Gasteiger partial charge in [0.05, 0.1) is 12.6 Å². The number of nitrogens with zero attached hydrogens (tertiary/aromatic N) is 1. The lowest BCUT2D eigenvalue weighted by molar-refractivity contribution is -0.145. The number of ether oxygens (including phenoxy) is 1. The maximum Gasteiger partial charge on any atom is 0.407 e. The van der Waals surface area contributed by atoms with Crippen molar-refractivity contribution in [1.29, 1.82) is 0 Å². The minimum absolute atomic E-state index is 0.0562. The highest BCUT2D eigenvalue weighted by Gasteiger charge is 2.69. The minimum atomic E-state index is -1.05. The molecule has 0 radical (unpaired) electrons. The van der Waals surface area contributed by atoms with Crippen LogP contribution in [0.1, 0.15) is 73.1 Å². The van der Waals surface area contributed by atoms with Crippen molar-refractivity contribution in [2.45, 2.75) is 91.3 Å². The van der Waals surface area contributed by atoms with E-state index in [0.29, 0.717) is 45.2 Å². The number of nitrogens with one attached hydrogen (secondary N) is 4. The average molecular weight is 644 g/mol. The van der Waals surface area contributed by atoms with Crippen molar-refractivity contribution < 1.29 is 33.5 Å². The fraction of sp³-hybridized carbons (Fsp3) is 0.706. The van der Waals surface area contributed by atoms with Gasteiger partial charge in [-0.05, 0) is 54.8 Å². The number of hydrogen-bond donors (Lipinski definition) is 4. The zero-order chi connectivity index (χ0) is 34.2. The van der Waals surface area contributed by atoms with Crippen LogP contribution in [0.25, 0.3) is 0 Å². The summed E-state index contributed by atoms with van der Waals surface area (Å²) in [6.07, 6.45) is 5.50. The van der Waals surface area contributed by atoms with Gasteiger partial charge < -0.3 is 30.9 Å². The van der Waals surface area contributed by atoms with Crippen molar-refractivity contribution in [3.63, 3.8) is 0 Å². The summed E-state index contributed by atoms with van der Waals surface area (Å²) >= 11 is 0. The summed E-state index contributed by atoms with van der Waals surface area (Å²) in [5.41, 5.74) is -0.206. The molecule has 4 unspecified atom stereocenters. The van der Waals surface area contributed by atoms with E-state index in [9.17, 15) is 28.8 Å². The Morgan fingerprint density at radius 1 is 0.978 bits per heavy atom. The third kappa shape index (κ3) is 8.76. The molecule has 1 aliphatic heterocycles. The molecule has 46 heavy (non-hydrogen) atoms. The normalized spacial score (nSPS) is 25.7. The summed E-state index contributed by atoms with van der Waals surface area (Å²) in [5.74, 6) is -3.30. The van der Waals surface area contributed by atoms with E-state index in [2.05, 4.69) is 48.3 Å². The molecule has 0 spiro atoms. The maximum absolute atomic E-state index is 14.5. The first-order chi connectivity index (χ1) is 21.8. The third-order valence-corrected chi connectivity index (χ3v) is 9.67. The van der Waals surface area contributed by atoms with Crippen LogP contribution in [0.3, 0.4) is 0 Å². The lowest BCUT2D eigenvalue weighted by Crippen LogP contribution is -2.60. The number of Topliss-reactive ketones (excluding diaryl/α,β-unsaturated/α-hetero) is 1. The number of likely N-dealkylation sites (tertiary alicyclic amines) is 1. The number of hydrogen-bond acceptors (Lipinski definition) is 7. The van der Waals surface area contributed by atoms with E-state index < -0.39 is 47.7 Å². The highest BCUT2D eigenvalue weighted by molar-refractivity contribution is 6.38. The average Bonchev–Trinajstić information content (AvgIpc) is 3.34. The van der Waals surface area contributed by atoms with E-state index in [0.717, 1.165) is 0 Å². The smallest absolute Gasteiger partial charge is 0.407 e. The maximum atomic E-state index is 14.5. The molecule has 3 fully saturated rings. The Labute approximate surface area is 272 Å².